The van der Waals surface area contributed by atoms with Crippen LogP contribution in [0.2, 0.25) is 0 Å². The van der Waals surface area contributed by atoms with Crippen LogP contribution in [-0.4, -0.2) is 12.5 Å². The van der Waals surface area contributed by atoms with Crippen LogP contribution in [0.1, 0.15) is 12.8 Å². The van der Waals surface area contributed by atoms with Crippen molar-refractivity contribution in [1.29, 1.82) is 5.41 Å². The van der Waals surface area contributed by atoms with Crippen LogP contribution in [0.15, 0.2) is 60.7 Å². The molecule has 2 aromatic carbocycles. The Morgan fingerprint density at radius 1 is 0.842 bits per heavy atom. The fourth-order valence-corrected chi connectivity index (χ4v) is 1.36. The van der Waals surface area contributed by atoms with Crippen molar-refractivity contribution in [2.45, 2.75) is 12.8 Å². The minimum atomic E-state index is 0.490. The van der Waals surface area contributed by atoms with Gasteiger partial charge in [0.15, 0.2) is 0 Å². The second-order valence-corrected chi connectivity index (χ2v) is 3.81. The van der Waals surface area contributed by atoms with Gasteiger partial charge in [-0.1, -0.05) is 36.4 Å². The van der Waals surface area contributed by atoms with Crippen LogP contribution in [0.5, 0.6) is 0 Å². The maximum Gasteiger partial charge on any atom is 0.120 e. The van der Waals surface area contributed by atoms with Crippen LogP contribution in [0.4, 0.5) is 11.4 Å². The average Bonchev–Trinajstić information content (AvgIpc) is 2.48. The minimum absolute atomic E-state index is 0.490. The highest BCUT2D eigenvalue weighted by molar-refractivity contribution is 5.60. The van der Waals surface area contributed by atoms with Gasteiger partial charge >= 0.3 is 0 Å². The third kappa shape index (κ3) is 6.78. The van der Waals surface area contributed by atoms with Gasteiger partial charge in [0.1, 0.15) is 6.29 Å². The minimum Gasteiger partial charge on any atom is -0.356 e. The molecule has 3 nitrogen and oxygen atoms in total. The molecule has 2 N–H and O–H groups in total. The lowest BCUT2D eigenvalue weighted by molar-refractivity contribution is -0.107. The van der Waals surface area contributed by atoms with Crippen LogP contribution in [0, 0.1) is 5.41 Å². The summed E-state index contributed by atoms with van der Waals surface area (Å²) in [6.07, 6.45) is 3.12. The molecule has 0 saturated carbocycles. The Hall–Kier alpha value is -2.42. The predicted molar refractivity (Wildman–Crippen MR) is 80.2 cm³/mol. The lowest BCUT2D eigenvalue weighted by Gasteiger charge is -2.04. The van der Waals surface area contributed by atoms with Gasteiger partial charge in [0, 0.05) is 17.8 Å². The summed E-state index contributed by atoms with van der Waals surface area (Å²) in [5.41, 5.74) is 2.24. The summed E-state index contributed by atoms with van der Waals surface area (Å²) >= 11 is 0. The third-order valence-electron chi connectivity index (χ3n) is 2.27. The second kappa shape index (κ2) is 9.59. The average molecular weight is 254 g/mol. The molecule has 0 aliphatic heterocycles. The Morgan fingerprint density at radius 2 is 1.32 bits per heavy atom. The van der Waals surface area contributed by atoms with Crippen LogP contribution in [0.3, 0.4) is 0 Å². The first-order chi connectivity index (χ1) is 9.36. The summed E-state index contributed by atoms with van der Waals surface area (Å²) in [4.78, 5) is 9.46. The van der Waals surface area contributed by atoms with E-state index in [1.54, 1.807) is 0 Å². The van der Waals surface area contributed by atoms with Crippen molar-refractivity contribution in [1.82, 2.24) is 0 Å². The Balaban J connectivity index is 0.000000258. The zero-order valence-corrected chi connectivity index (χ0v) is 10.8. The van der Waals surface area contributed by atoms with Crippen molar-refractivity contribution < 1.29 is 4.79 Å². The lowest BCUT2D eigenvalue weighted by Crippen LogP contribution is -1.87. The number of aldehydes is 1. The molecule has 0 aliphatic rings. The van der Waals surface area contributed by atoms with Crippen molar-refractivity contribution in [3.05, 3.63) is 60.7 Å². The molecule has 0 radical (unpaired) electrons. The topological polar surface area (TPSA) is 53.0 Å². The van der Waals surface area contributed by atoms with E-state index in [1.807, 2.05) is 60.7 Å². The predicted octanol–water partition coefficient (Wildman–Crippen LogP) is 4.05. The Kier molecular flexibility index (Phi) is 7.39. The van der Waals surface area contributed by atoms with Crippen molar-refractivity contribution in [2.75, 3.05) is 5.32 Å². The second-order valence-electron chi connectivity index (χ2n) is 3.81. The highest BCUT2D eigenvalue weighted by Crippen LogP contribution is 2.14. The maximum absolute atomic E-state index is 9.46. The molecule has 0 bridgehead atoms. The molecule has 0 saturated heterocycles. The molecule has 0 fully saturated rings. The van der Waals surface area contributed by atoms with Gasteiger partial charge in [-0.15, -0.1) is 0 Å². The first-order valence-corrected chi connectivity index (χ1v) is 6.16. The van der Waals surface area contributed by atoms with E-state index in [2.05, 4.69) is 5.32 Å². The van der Waals surface area contributed by atoms with Gasteiger partial charge in [-0.25, -0.2) is 0 Å². The maximum atomic E-state index is 9.46. The molecule has 0 aliphatic carbocycles. The van der Waals surface area contributed by atoms with Gasteiger partial charge < -0.3 is 15.5 Å². The van der Waals surface area contributed by atoms with Gasteiger partial charge in [-0.2, -0.15) is 0 Å². The van der Waals surface area contributed by atoms with Gasteiger partial charge in [-0.3, -0.25) is 0 Å². The quantitative estimate of drug-likeness (QED) is 0.480. The van der Waals surface area contributed by atoms with Crippen molar-refractivity contribution in [3.8, 4) is 0 Å². The number of benzene rings is 2. The third-order valence-corrected chi connectivity index (χ3v) is 2.27. The number of hydrogen-bond acceptors (Lipinski definition) is 3. The molecule has 0 unspecified atom stereocenters. The molecular formula is C16H18N2O. The Labute approximate surface area is 113 Å². The van der Waals surface area contributed by atoms with E-state index in [-0.39, 0.29) is 0 Å². The molecule has 19 heavy (non-hydrogen) atoms. The molecule has 2 rings (SSSR count). The number of nitrogens with one attached hydrogen (secondary N) is 2. The SMILES string of the molecule is N=CCCC=O.c1ccc(Nc2ccccc2)cc1. The van der Waals surface area contributed by atoms with Gasteiger partial charge in [0.05, 0.1) is 0 Å². The molecular weight excluding hydrogens is 236 g/mol. The van der Waals surface area contributed by atoms with Crippen LogP contribution in [-0.2, 0) is 4.79 Å². The van der Waals surface area contributed by atoms with Gasteiger partial charge in [-0.05, 0) is 36.9 Å². The molecule has 3 heteroatoms. The number of carbonyl (C=O) groups excluding carboxylic acids is 1. The summed E-state index contributed by atoms with van der Waals surface area (Å²) in [6, 6.07) is 20.3. The van der Waals surface area contributed by atoms with E-state index in [0.717, 1.165) is 17.7 Å². The molecule has 2 aromatic rings. The number of carbonyl (C=O) groups is 1. The largest absolute Gasteiger partial charge is 0.356 e. The van der Waals surface area contributed by atoms with Crippen LogP contribution >= 0.6 is 0 Å². The summed E-state index contributed by atoms with van der Waals surface area (Å²) in [5.74, 6) is 0. The molecule has 0 heterocycles. The summed E-state index contributed by atoms with van der Waals surface area (Å²) in [5, 5.41) is 9.73. The summed E-state index contributed by atoms with van der Waals surface area (Å²) in [7, 11) is 0. The number of hydrogen-bond donors (Lipinski definition) is 2. The zero-order chi connectivity index (χ0) is 13.8. The molecule has 0 spiro atoms. The normalized spacial score (nSPS) is 8.84. The van der Waals surface area contributed by atoms with E-state index < -0.39 is 0 Å². The standard InChI is InChI=1S/C12H11N.C4H7NO/c1-3-7-11(8-4-1)13-12-9-5-2-6-10-12;5-3-1-2-4-6/h1-10,13H;3-5H,1-2H2. The molecule has 0 aromatic heterocycles. The first-order valence-electron chi connectivity index (χ1n) is 6.16. The number of para-hydroxylation sites is 2. The summed E-state index contributed by atoms with van der Waals surface area (Å²) < 4.78 is 0. The Bertz CT molecular complexity index is 423. The highest BCUT2D eigenvalue weighted by Gasteiger charge is 1.89. The summed E-state index contributed by atoms with van der Waals surface area (Å²) in [6.45, 7) is 0. The van der Waals surface area contributed by atoms with Crippen LogP contribution in [0.25, 0.3) is 0 Å². The molecule has 0 atom stereocenters. The van der Waals surface area contributed by atoms with E-state index >= 15 is 0 Å². The number of unbranched alkanes of at least 4 members (excludes halogenated alkanes) is 1. The Morgan fingerprint density at radius 3 is 1.63 bits per heavy atom. The number of rotatable bonds is 5. The molecule has 0 amide bonds. The smallest absolute Gasteiger partial charge is 0.120 e. The van der Waals surface area contributed by atoms with Crippen molar-refractivity contribution in [3.63, 3.8) is 0 Å². The van der Waals surface area contributed by atoms with E-state index in [4.69, 9.17) is 5.41 Å². The van der Waals surface area contributed by atoms with Gasteiger partial charge in [0.2, 0.25) is 0 Å². The zero-order valence-electron chi connectivity index (χ0n) is 10.8. The first kappa shape index (κ1) is 14.6. The van der Waals surface area contributed by atoms with E-state index in [0.29, 0.717) is 12.8 Å². The fraction of sp³-hybridized carbons (Fsp3) is 0.125. The molecule has 98 valence electrons. The van der Waals surface area contributed by atoms with E-state index in [1.165, 1.54) is 6.21 Å². The number of anilines is 2. The van der Waals surface area contributed by atoms with E-state index in [9.17, 15) is 4.79 Å². The highest BCUT2D eigenvalue weighted by atomic mass is 16.1. The lowest BCUT2D eigenvalue weighted by atomic mass is 10.3. The van der Waals surface area contributed by atoms with Crippen LogP contribution < -0.4 is 5.32 Å². The fourth-order valence-electron chi connectivity index (χ4n) is 1.36. The van der Waals surface area contributed by atoms with Gasteiger partial charge in [0.25, 0.3) is 0 Å². The van der Waals surface area contributed by atoms with Crippen molar-refractivity contribution >= 4 is 23.9 Å². The monoisotopic (exact) mass is 254 g/mol. The van der Waals surface area contributed by atoms with Crippen molar-refractivity contribution in [2.24, 2.45) is 0 Å².